The van der Waals surface area contributed by atoms with Crippen molar-refractivity contribution in [2.24, 2.45) is 0 Å². The summed E-state index contributed by atoms with van der Waals surface area (Å²) in [5, 5.41) is 14.1. The molecule has 2 aromatic heterocycles. The van der Waals surface area contributed by atoms with Crippen molar-refractivity contribution in [1.29, 1.82) is 0 Å². The van der Waals surface area contributed by atoms with Gasteiger partial charge in [0.2, 0.25) is 12.7 Å². The van der Waals surface area contributed by atoms with Crippen molar-refractivity contribution in [2.75, 3.05) is 12.1 Å². The molecule has 1 unspecified atom stereocenters. The van der Waals surface area contributed by atoms with E-state index < -0.39 is 0 Å². The van der Waals surface area contributed by atoms with Crippen LogP contribution in [0.25, 0.3) is 5.69 Å². The Morgan fingerprint density at radius 1 is 1.12 bits per heavy atom. The fraction of sp³-hybridized carbons (Fsp3) is 0.174. The number of hydrogen-bond acceptors (Lipinski definition) is 7. The maximum Gasteiger partial charge on any atom is 0.237 e. The number of hydrogen-bond donors (Lipinski definition) is 1. The molecule has 1 amide bonds. The van der Waals surface area contributed by atoms with E-state index in [1.54, 1.807) is 29.5 Å². The van der Waals surface area contributed by atoms with Gasteiger partial charge < -0.3 is 14.8 Å². The van der Waals surface area contributed by atoms with E-state index in [1.807, 2.05) is 47.9 Å². The van der Waals surface area contributed by atoms with Gasteiger partial charge in [0.05, 0.1) is 5.25 Å². The van der Waals surface area contributed by atoms with Gasteiger partial charge in [-0.3, -0.25) is 9.36 Å². The van der Waals surface area contributed by atoms with Crippen molar-refractivity contribution >= 4 is 34.7 Å². The molecule has 4 aromatic rings. The van der Waals surface area contributed by atoms with Crippen LogP contribution in [0.15, 0.2) is 71.2 Å². The standard InChI is InChI=1S/C23H20N4O3S2/c1-15(22(28)24-16-9-10-19-20(12-16)30-14-29-19)32-23-26-25-21(13-18-8-5-11-31-18)27(23)17-6-3-2-4-7-17/h2-12,15H,13-14H2,1H3,(H,24,28). The number of carbonyl (C=O) groups excluding carboxylic acids is 1. The number of carbonyl (C=O) groups is 1. The van der Waals surface area contributed by atoms with Gasteiger partial charge in [0.1, 0.15) is 5.82 Å². The van der Waals surface area contributed by atoms with Gasteiger partial charge >= 0.3 is 0 Å². The summed E-state index contributed by atoms with van der Waals surface area (Å²) in [7, 11) is 0. The normalized spacial score (nSPS) is 13.2. The van der Waals surface area contributed by atoms with Crippen LogP contribution < -0.4 is 14.8 Å². The van der Waals surface area contributed by atoms with Crippen molar-refractivity contribution in [2.45, 2.75) is 23.8 Å². The lowest BCUT2D eigenvalue weighted by atomic mass is 10.2. The van der Waals surface area contributed by atoms with Crippen molar-refractivity contribution in [3.63, 3.8) is 0 Å². The lowest BCUT2D eigenvalue weighted by Gasteiger charge is -2.14. The second-order valence-electron chi connectivity index (χ2n) is 7.14. The van der Waals surface area contributed by atoms with Gasteiger partial charge in [0, 0.05) is 28.7 Å². The topological polar surface area (TPSA) is 78.3 Å². The van der Waals surface area contributed by atoms with Gasteiger partial charge in [0.15, 0.2) is 16.7 Å². The SMILES string of the molecule is CC(Sc1nnc(Cc2cccs2)n1-c1ccccc1)C(=O)Nc1ccc2c(c1)OCO2. The number of anilines is 1. The third-order valence-corrected chi connectivity index (χ3v) is 6.84. The van der Waals surface area contributed by atoms with Crippen molar-refractivity contribution in [1.82, 2.24) is 14.8 Å². The Balaban J connectivity index is 1.36. The van der Waals surface area contributed by atoms with Crippen LogP contribution in [0, 0.1) is 0 Å². The number of benzene rings is 2. The van der Waals surface area contributed by atoms with Gasteiger partial charge in [-0.2, -0.15) is 0 Å². The molecule has 7 nitrogen and oxygen atoms in total. The maximum atomic E-state index is 12.9. The number of thioether (sulfide) groups is 1. The molecule has 1 aliphatic heterocycles. The summed E-state index contributed by atoms with van der Waals surface area (Å²) < 4.78 is 12.7. The minimum absolute atomic E-state index is 0.128. The number of amides is 1. The number of aromatic nitrogens is 3. The lowest BCUT2D eigenvalue weighted by molar-refractivity contribution is -0.115. The van der Waals surface area contributed by atoms with Crippen molar-refractivity contribution < 1.29 is 14.3 Å². The van der Waals surface area contributed by atoms with Gasteiger partial charge in [-0.05, 0) is 42.6 Å². The maximum absolute atomic E-state index is 12.9. The summed E-state index contributed by atoms with van der Waals surface area (Å²) in [6, 6.07) is 19.4. The first-order valence-electron chi connectivity index (χ1n) is 10.1. The van der Waals surface area contributed by atoms with Gasteiger partial charge in [0.25, 0.3) is 0 Å². The Morgan fingerprint density at radius 2 is 1.97 bits per heavy atom. The summed E-state index contributed by atoms with van der Waals surface area (Å²) in [6.45, 7) is 2.05. The quantitative estimate of drug-likeness (QED) is 0.397. The van der Waals surface area contributed by atoms with Crippen molar-refractivity contribution in [3.05, 3.63) is 76.7 Å². The highest BCUT2D eigenvalue weighted by Crippen LogP contribution is 2.34. The molecule has 9 heteroatoms. The number of fused-ring (bicyclic) bond motifs is 1. The fourth-order valence-electron chi connectivity index (χ4n) is 3.33. The van der Waals surface area contributed by atoms with Crippen molar-refractivity contribution in [3.8, 4) is 17.2 Å². The molecule has 0 spiro atoms. The second kappa shape index (κ2) is 9.05. The van der Waals surface area contributed by atoms with E-state index in [0.29, 0.717) is 28.8 Å². The second-order valence-corrected chi connectivity index (χ2v) is 9.48. The number of nitrogens with zero attached hydrogens (tertiary/aromatic N) is 3. The Morgan fingerprint density at radius 3 is 2.78 bits per heavy atom. The zero-order valence-electron chi connectivity index (χ0n) is 17.2. The first-order valence-corrected chi connectivity index (χ1v) is 11.8. The van der Waals surface area contributed by atoms with E-state index in [4.69, 9.17) is 9.47 Å². The Hall–Kier alpha value is -3.30. The third kappa shape index (κ3) is 4.35. The molecular formula is C23H20N4O3S2. The molecular weight excluding hydrogens is 444 g/mol. The van der Waals surface area contributed by atoms with Crippen LogP contribution in [-0.4, -0.2) is 32.7 Å². The molecule has 5 rings (SSSR count). The average Bonchev–Trinajstić information content (AvgIpc) is 3.56. The highest BCUT2D eigenvalue weighted by Gasteiger charge is 2.22. The molecule has 1 N–H and O–H groups in total. The van der Waals surface area contributed by atoms with Crippen LogP contribution in [0.3, 0.4) is 0 Å². The number of rotatable bonds is 7. The first-order chi connectivity index (χ1) is 15.7. The zero-order valence-corrected chi connectivity index (χ0v) is 18.9. The molecule has 1 aliphatic rings. The number of thiophene rings is 1. The summed E-state index contributed by atoms with van der Waals surface area (Å²) in [6.07, 6.45) is 0.678. The molecule has 0 saturated heterocycles. The summed E-state index contributed by atoms with van der Waals surface area (Å²) >= 11 is 3.06. The molecule has 0 bridgehead atoms. The van der Waals surface area contributed by atoms with E-state index >= 15 is 0 Å². The molecule has 0 fully saturated rings. The minimum Gasteiger partial charge on any atom is -0.454 e. The van der Waals surface area contributed by atoms with E-state index in [1.165, 1.54) is 16.6 Å². The highest BCUT2D eigenvalue weighted by atomic mass is 32.2. The van der Waals surface area contributed by atoms with Gasteiger partial charge in [-0.1, -0.05) is 36.0 Å². The Bertz CT molecular complexity index is 1230. The van der Waals surface area contributed by atoms with Crippen LogP contribution >= 0.6 is 23.1 Å². The summed E-state index contributed by atoms with van der Waals surface area (Å²) in [5.41, 5.74) is 1.63. The summed E-state index contributed by atoms with van der Waals surface area (Å²) in [4.78, 5) is 14.1. The van der Waals surface area contributed by atoms with E-state index in [-0.39, 0.29) is 18.0 Å². The van der Waals surface area contributed by atoms with Crippen LogP contribution in [0.5, 0.6) is 11.5 Å². The molecule has 32 heavy (non-hydrogen) atoms. The molecule has 0 aliphatic carbocycles. The number of nitrogens with one attached hydrogen (secondary N) is 1. The van der Waals surface area contributed by atoms with E-state index in [9.17, 15) is 4.79 Å². The summed E-state index contributed by atoms with van der Waals surface area (Å²) in [5.74, 6) is 2.02. The van der Waals surface area contributed by atoms with Crippen LogP contribution in [0.1, 0.15) is 17.6 Å². The van der Waals surface area contributed by atoms with Gasteiger partial charge in [-0.25, -0.2) is 0 Å². The van der Waals surface area contributed by atoms with Crippen LogP contribution in [0.4, 0.5) is 5.69 Å². The van der Waals surface area contributed by atoms with Crippen LogP contribution in [-0.2, 0) is 11.2 Å². The third-order valence-electron chi connectivity index (χ3n) is 4.92. The fourth-order valence-corrected chi connectivity index (χ4v) is 4.91. The molecule has 162 valence electrons. The largest absolute Gasteiger partial charge is 0.454 e. The lowest BCUT2D eigenvalue weighted by Crippen LogP contribution is -2.23. The molecule has 1 atom stereocenters. The molecule has 3 heterocycles. The average molecular weight is 465 g/mol. The first kappa shape index (κ1) is 20.6. The monoisotopic (exact) mass is 464 g/mol. The highest BCUT2D eigenvalue weighted by molar-refractivity contribution is 8.00. The minimum atomic E-state index is -0.387. The van der Waals surface area contributed by atoms with Gasteiger partial charge in [-0.15, -0.1) is 21.5 Å². The molecule has 2 aromatic carbocycles. The Kier molecular flexibility index (Phi) is 5.83. The predicted molar refractivity (Wildman–Crippen MR) is 125 cm³/mol. The molecule has 0 radical (unpaired) electrons. The Labute approximate surface area is 193 Å². The number of para-hydroxylation sites is 1. The van der Waals surface area contributed by atoms with Crippen LogP contribution in [0.2, 0.25) is 0 Å². The van der Waals surface area contributed by atoms with E-state index in [0.717, 1.165) is 11.5 Å². The number of ether oxygens (including phenoxy) is 2. The smallest absolute Gasteiger partial charge is 0.237 e. The van der Waals surface area contributed by atoms with E-state index in [2.05, 4.69) is 27.0 Å². The predicted octanol–water partition coefficient (Wildman–Crippen LogP) is 4.77. The molecule has 0 saturated carbocycles. The zero-order chi connectivity index (χ0) is 21.9.